The zero-order valence-electron chi connectivity index (χ0n) is 9.91. The normalized spacial score (nSPS) is 16.0. The predicted octanol–water partition coefficient (Wildman–Crippen LogP) is 0.756. The number of piperazine rings is 1. The van der Waals surface area contributed by atoms with Crippen molar-refractivity contribution in [2.24, 2.45) is 0 Å². The predicted molar refractivity (Wildman–Crippen MR) is 68.7 cm³/mol. The Kier molecular flexibility index (Phi) is 4.33. The highest BCUT2D eigenvalue weighted by atomic mass is 35.5. The van der Waals surface area contributed by atoms with Gasteiger partial charge in [0.1, 0.15) is 0 Å². The third kappa shape index (κ3) is 3.41. The molecule has 0 saturated carbocycles. The van der Waals surface area contributed by atoms with Crippen molar-refractivity contribution in [3.63, 3.8) is 0 Å². The van der Waals surface area contributed by atoms with Gasteiger partial charge in [-0.3, -0.25) is 0 Å². The van der Waals surface area contributed by atoms with Gasteiger partial charge in [-0.25, -0.2) is 0 Å². The van der Waals surface area contributed by atoms with Crippen molar-refractivity contribution in [2.75, 3.05) is 42.9 Å². The van der Waals surface area contributed by atoms with E-state index in [1.807, 2.05) is 0 Å². The molecule has 0 aliphatic carbocycles. The monoisotopic (exact) mass is 256 g/mol. The third-order valence-corrected chi connectivity index (χ3v) is 2.70. The molecule has 17 heavy (non-hydrogen) atoms. The second kappa shape index (κ2) is 5.97. The van der Waals surface area contributed by atoms with Crippen LogP contribution in [0.15, 0.2) is 0 Å². The number of hydrogen-bond acceptors (Lipinski definition) is 6. The van der Waals surface area contributed by atoms with Gasteiger partial charge in [0.15, 0.2) is 0 Å². The summed E-state index contributed by atoms with van der Waals surface area (Å²) in [7, 11) is 0. The summed E-state index contributed by atoms with van der Waals surface area (Å²) in [6.07, 6.45) is 1.02. The van der Waals surface area contributed by atoms with Crippen molar-refractivity contribution in [3.05, 3.63) is 5.28 Å². The van der Waals surface area contributed by atoms with E-state index in [9.17, 15) is 0 Å². The van der Waals surface area contributed by atoms with E-state index in [2.05, 4.69) is 37.4 Å². The molecule has 1 saturated heterocycles. The van der Waals surface area contributed by atoms with Crippen molar-refractivity contribution >= 4 is 23.5 Å². The molecule has 0 amide bonds. The Morgan fingerprint density at radius 3 is 2.76 bits per heavy atom. The second-order valence-electron chi connectivity index (χ2n) is 3.89. The molecule has 2 rings (SSSR count). The standard InChI is InChI=1S/C10H17ClN6/c1-2-3-13-9-14-8(11)15-10(16-9)17-6-4-12-5-7-17/h12H,2-7H2,1H3,(H,13,14,15,16). The van der Waals surface area contributed by atoms with Crippen molar-refractivity contribution in [1.29, 1.82) is 0 Å². The van der Waals surface area contributed by atoms with Crippen molar-refractivity contribution in [3.8, 4) is 0 Å². The minimum Gasteiger partial charge on any atom is -0.354 e. The first-order valence-corrected chi connectivity index (χ1v) is 6.28. The third-order valence-electron chi connectivity index (χ3n) is 2.53. The average Bonchev–Trinajstić information content (AvgIpc) is 2.37. The van der Waals surface area contributed by atoms with Gasteiger partial charge in [-0.2, -0.15) is 15.0 Å². The van der Waals surface area contributed by atoms with Crippen LogP contribution < -0.4 is 15.5 Å². The molecule has 0 unspecified atom stereocenters. The molecule has 0 aromatic carbocycles. The Morgan fingerprint density at radius 1 is 1.29 bits per heavy atom. The van der Waals surface area contributed by atoms with Gasteiger partial charge in [0.05, 0.1) is 0 Å². The van der Waals surface area contributed by atoms with Gasteiger partial charge in [0.25, 0.3) is 0 Å². The summed E-state index contributed by atoms with van der Waals surface area (Å²) < 4.78 is 0. The van der Waals surface area contributed by atoms with E-state index >= 15 is 0 Å². The number of halogens is 1. The lowest BCUT2D eigenvalue weighted by atomic mass is 10.4. The van der Waals surface area contributed by atoms with Gasteiger partial charge >= 0.3 is 0 Å². The van der Waals surface area contributed by atoms with Crippen LogP contribution in [0.5, 0.6) is 0 Å². The summed E-state index contributed by atoms with van der Waals surface area (Å²) in [6, 6.07) is 0. The molecule has 0 spiro atoms. The summed E-state index contributed by atoms with van der Waals surface area (Å²) in [5, 5.41) is 6.65. The minimum absolute atomic E-state index is 0.243. The quantitative estimate of drug-likeness (QED) is 0.829. The first-order valence-electron chi connectivity index (χ1n) is 5.90. The van der Waals surface area contributed by atoms with Crippen LogP contribution in [-0.2, 0) is 0 Å². The highest BCUT2D eigenvalue weighted by Crippen LogP contribution is 2.14. The van der Waals surface area contributed by atoms with E-state index in [1.54, 1.807) is 0 Å². The highest BCUT2D eigenvalue weighted by molar-refractivity contribution is 6.28. The maximum atomic E-state index is 5.90. The van der Waals surface area contributed by atoms with E-state index in [4.69, 9.17) is 11.6 Å². The van der Waals surface area contributed by atoms with Crippen LogP contribution in [0.4, 0.5) is 11.9 Å². The molecule has 2 heterocycles. The molecule has 1 aliphatic heterocycles. The van der Waals surface area contributed by atoms with E-state index in [1.165, 1.54) is 0 Å². The summed E-state index contributed by atoms with van der Waals surface area (Å²) in [5.41, 5.74) is 0. The van der Waals surface area contributed by atoms with Crippen molar-refractivity contribution in [2.45, 2.75) is 13.3 Å². The lowest BCUT2D eigenvalue weighted by molar-refractivity contribution is 0.579. The lowest BCUT2D eigenvalue weighted by Gasteiger charge is -2.27. The number of rotatable bonds is 4. The molecule has 1 aromatic heterocycles. The first kappa shape index (κ1) is 12.3. The van der Waals surface area contributed by atoms with Gasteiger partial charge in [0, 0.05) is 32.7 Å². The molecule has 0 bridgehead atoms. The molecule has 7 heteroatoms. The second-order valence-corrected chi connectivity index (χ2v) is 4.23. The lowest BCUT2D eigenvalue weighted by Crippen LogP contribution is -2.44. The fraction of sp³-hybridized carbons (Fsp3) is 0.700. The SMILES string of the molecule is CCCNc1nc(Cl)nc(N2CCNCC2)n1. The number of nitrogens with one attached hydrogen (secondary N) is 2. The summed E-state index contributed by atoms with van der Waals surface area (Å²) in [5.74, 6) is 1.21. The molecule has 1 fully saturated rings. The highest BCUT2D eigenvalue weighted by Gasteiger charge is 2.15. The van der Waals surface area contributed by atoms with Crippen LogP contribution in [0.25, 0.3) is 0 Å². The van der Waals surface area contributed by atoms with E-state index in [0.29, 0.717) is 11.9 Å². The molecular weight excluding hydrogens is 240 g/mol. The zero-order chi connectivity index (χ0) is 12.1. The number of anilines is 2. The molecule has 94 valence electrons. The Hall–Kier alpha value is -1.14. The van der Waals surface area contributed by atoms with Gasteiger partial charge in [-0.1, -0.05) is 6.92 Å². The van der Waals surface area contributed by atoms with E-state index < -0.39 is 0 Å². The van der Waals surface area contributed by atoms with Gasteiger partial charge in [0.2, 0.25) is 17.2 Å². The van der Waals surface area contributed by atoms with Crippen LogP contribution in [0, 0.1) is 0 Å². The number of nitrogens with zero attached hydrogens (tertiary/aromatic N) is 4. The largest absolute Gasteiger partial charge is 0.354 e. The summed E-state index contributed by atoms with van der Waals surface area (Å²) in [4.78, 5) is 14.7. The fourth-order valence-electron chi connectivity index (χ4n) is 1.66. The number of hydrogen-bond donors (Lipinski definition) is 2. The minimum atomic E-state index is 0.243. The van der Waals surface area contributed by atoms with Crippen LogP contribution in [0.1, 0.15) is 13.3 Å². The Bertz CT molecular complexity index is 366. The maximum Gasteiger partial charge on any atom is 0.231 e. The van der Waals surface area contributed by atoms with Crippen LogP contribution in [0.2, 0.25) is 5.28 Å². The molecule has 1 aliphatic rings. The molecule has 0 atom stereocenters. The number of aromatic nitrogens is 3. The van der Waals surface area contributed by atoms with Crippen LogP contribution >= 0.6 is 11.6 Å². The van der Waals surface area contributed by atoms with Crippen molar-refractivity contribution < 1.29 is 0 Å². The Morgan fingerprint density at radius 2 is 2.06 bits per heavy atom. The Balaban J connectivity index is 2.12. The molecular formula is C10H17ClN6. The Labute approximate surface area is 106 Å². The fourth-order valence-corrected chi connectivity index (χ4v) is 1.82. The van der Waals surface area contributed by atoms with E-state index in [-0.39, 0.29) is 5.28 Å². The van der Waals surface area contributed by atoms with Gasteiger partial charge in [-0.05, 0) is 18.0 Å². The molecule has 0 radical (unpaired) electrons. The van der Waals surface area contributed by atoms with E-state index in [0.717, 1.165) is 39.1 Å². The summed E-state index contributed by atoms with van der Waals surface area (Å²) in [6.45, 7) is 6.61. The smallest absolute Gasteiger partial charge is 0.231 e. The topological polar surface area (TPSA) is 66.0 Å². The summed E-state index contributed by atoms with van der Waals surface area (Å²) >= 11 is 5.90. The zero-order valence-corrected chi connectivity index (χ0v) is 10.7. The van der Waals surface area contributed by atoms with Crippen LogP contribution in [0.3, 0.4) is 0 Å². The van der Waals surface area contributed by atoms with Gasteiger partial charge in [-0.15, -0.1) is 0 Å². The van der Waals surface area contributed by atoms with Crippen molar-refractivity contribution in [1.82, 2.24) is 20.3 Å². The van der Waals surface area contributed by atoms with Crippen LogP contribution in [-0.4, -0.2) is 47.7 Å². The average molecular weight is 257 g/mol. The van der Waals surface area contributed by atoms with Gasteiger partial charge < -0.3 is 15.5 Å². The first-order chi connectivity index (χ1) is 8.29. The maximum absolute atomic E-state index is 5.90. The molecule has 6 nitrogen and oxygen atoms in total. The molecule has 2 N–H and O–H groups in total. The molecule has 1 aromatic rings.